The highest BCUT2D eigenvalue weighted by Crippen LogP contribution is 2.21. The van der Waals surface area contributed by atoms with Gasteiger partial charge < -0.3 is 5.11 Å². The summed E-state index contributed by atoms with van der Waals surface area (Å²) in [5.41, 5.74) is 1.18. The molecule has 0 atom stereocenters. The van der Waals surface area contributed by atoms with Gasteiger partial charge in [-0.1, -0.05) is 23.8 Å². The number of hydrogen-bond donors (Lipinski definition) is 1. The normalized spacial score (nSPS) is 11.1. The second kappa shape index (κ2) is 5.13. The average Bonchev–Trinajstić information content (AvgIpc) is 2.14. The van der Waals surface area contributed by atoms with Gasteiger partial charge in [0.1, 0.15) is 5.82 Å². The molecule has 0 aliphatic heterocycles. The van der Waals surface area contributed by atoms with Crippen molar-refractivity contribution in [1.82, 2.24) is 0 Å². The number of aliphatic hydroxyl groups excluding tert-OH is 1. The van der Waals surface area contributed by atoms with Crippen LogP contribution >= 0.6 is 11.6 Å². The van der Waals surface area contributed by atoms with E-state index in [9.17, 15) is 4.39 Å². The Hall–Kier alpha value is -0.860. The molecule has 1 nitrogen and oxygen atoms in total. The summed E-state index contributed by atoms with van der Waals surface area (Å²) in [5, 5.41) is 9.08. The Kier molecular flexibility index (Phi) is 4.11. The molecule has 0 unspecified atom stereocenters. The van der Waals surface area contributed by atoms with Crippen molar-refractivity contribution in [2.75, 3.05) is 6.61 Å². The van der Waals surface area contributed by atoms with Crippen molar-refractivity contribution in [2.24, 2.45) is 0 Å². The summed E-state index contributed by atoms with van der Waals surface area (Å²) in [7, 11) is 0. The Morgan fingerprint density at radius 2 is 2.21 bits per heavy atom. The summed E-state index contributed by atoms with van der Waals surface area (Å²) in [6, 6.07) is 2.99. The van der Waals surface area contributed by atoms with Gasteiger partial charge in [0.2, 0.25) is 0 Å². The van der Waals surface area contributed by atoms with Crippen LogP contribution in [-0.4, -0.2) is 11.7 Å². The summed E-state index contributed by atoms with van der Waals surface area (Å²) in [6.07, 6.45) is 4.02. The van der Waals surface area contributed by atoms with Crippen molar-refractivity contribution >= 4 is 17.7 Å². The van der Waals surface area contributed by atoms with E-state index in [4.69, 9.17) is 16.7 Å². The number of aliphatic hydroxyl groups is 1. The van der Waals surface area contributed by atoms with E-state index in [1.807, 2.05) is 0 Å². The first-order valence-electron chi connectivity index (χ1n) is 4.38. The van der Waals surface area contributed by atoms with Crippen molar-refractivity contribution in [3.63, 3.8) is 0 Å². The highest BCUT2D eigenvalue weighted by atomic mass is 35.5. The van der Waals surface area contributed by atoms with E-state index in [1.165, 1.54) is 6.07 Å². The summed E-state index contributed by atoms with van der Waals surface area (Å²) in [4.78, 5) is 0. The first-order chi connectivity index (χ1) is 6.65. The molecule has 0 aromatic heterocycles. The highest BCUT2D eigenvalue weighted by Gasteiger charge is 2.02. The molecule has 1 N–H and O–H groups in total. The van der Waals surface area contributed by atoms with E-state index >= 15 is 0 Å². The lowest BCUT2D eigenvalue weighted by atomic mass is 10.1. The average molecular weight is 215 g/mol. The van der Waals surface area contributed by atoms with E-state index in [2.05, 4.69) is 0 Å². The van der Waals surface area contributed by atoms with Gasteiger partial charge in [-0.3, -0.25) is 0 Å². The largest absolute Gasteiger partial charge is 0.396 e. The summed E-state index contributed by atoms with van der Waals surface area (Å²) < 4.78 is 13.1. The summed E-state index contributed by atoms with van der Waals surface area (Å²) in [6.45, 7) is 1.75. The number of aryl methyl sites for hydroxylation is 1. The summed E-state index contributed by atoms with van der Waals surface area (Å²) >= 11 is 5.90. The molecule has 0 aliphatic rings. The van der Waals surface area contributed by atoms with Gasteiger partial charge in [0.25, 0.3) is 0 Å². The predicted octanol–water partition coefficient (Wildman–Crippen LogP) is 3.18. The molecule has 0 heterocycles. The van der Waals surface area contributed by atoms with Gasteiger partial charge in [-0.05, 0) is 36.6 Å². The maximum atomic E-state index is 13.1. The SMILES string of the molecule is Cc1cc(Cl)c(C=CCCO)cc1F. The molecule has 1 aromatic rings. The van der Waals surface area contributed by atoms with E-state index in [0.717, 1.165) is 0 Å². The Morgan fingerprint density at radius 3 is 2.86 bits per heavy atom. The lowest BCUT2D eigenvalue weighted by Crippen LogP contribution is -1.85. The van der Waals surface area contributed by atoms with Gasteiger partial charge >= 0.3 is 0 Å². The van der Waals surface area contributed by atoms with Crippen molar-refractivity contribution in [2.45, 2.75) is 13.3 Å². The molecule has 0 saturated carbocycles. The van der Waals surface area contributed by atoms with Crippen LogP contribution in [0.25, 0.3) is 6.08 Å². The van der Waals surface area contributed by atoms with Gasteiger partial charge in [-0.2, -0.15) is 0 Å². The van der Waals surface area contributed by atoms with Crippen LogP contribution in [-0.2, 0) is 0 Å². The molecule has 3 heteroatoms. The predicted molar refractivity (Wildman–Crippen MR) is 56.9 cm³/mol. The van der Waals surface area contributed by atoms with Crippen LogP contribution in [0, 0.1) is 12.7 Å². The van der Waals surface area contributed by atoms with Crippen molar-refractivity contribution in [1.29, 1.82) is 0 Å². The van der Waals surface area contributed by atoms with Crippen molar-refractivity contribution in [3.8, 4) is 0 Å². The molecule has 1 rings (SSSR count). The second-order valence-electron chi connectivity index (χ2n) is 3.04. The first-order valence-corrected chi connectivity index (χ1v) is 4.76. The molecular weight excluding hydrogens is 203 g/mol. The fraction of sp³-hybridized carbons (Fsp3) is 0.273. The monoisotopic (exact) mass is 214 g/mol. The fourth-order valence-corrected chi connectivity index (χ4v) is 1.36. The Balaban J connectivity index is 2.92. The smallest absolute Gasteiger partial charge is 0.126 e. The number of rotatable bonds is 3. The Labute approximate surface area is 87.8 Å². The number of benzene rings is 1. The highest BCUT2D eigenvalue weighted by molar-refractivity contribution is 6.32. The molecule has 1 aromatic carbocycles. The maximum absolute atomic E-state index is 13.1. The minimum absolute atomic E-state index is 0.0858. The zero-order chi connectivity index (χ0) is 10.6. The van der Waals surface area contributed by atoms with Gasteiger partial charge in [0, 0.05) is 11.6 Å². The van der Waals surface area contributed by atoms with Crippen LogP contribution in [0.15, 0.2) is 18.2 Å². The second-order valence-corrected chi connectivity index (χ2v) is 3.44. The zero-order valence-corrected chi connectivity index (χ0v) is 8.68. The quantitative estimate of drug-likeness (QED) is 0.820. The molecule has 0 bridgehead atoms. The van der Waals surface area contributed by atoms with Crippen LogP contribution in [0.2, 0.25) is 5.02 Å². The van der Waals surface area contributed by atoms with Gasteiger partial charge in [-0.15, -0.1) is 0 Å². The van der Waals surface area contributed by atoms with Crippen molar-refractivity contribution < 1.29 is 9.50 Å². The van der Waals surface area contributed by atoms with Crippen LogP contribution in [0.1, 0.15) is 17.5 Å². The first kappa shape index (κ1) is 11.2. The Morgan fingerprint density at radius 1 is 1.50 bits per heavy atom. The van der Waals surface area contributed by atoms with E-state index in [1.54, 1.807) is 25.1 Å². The molecule has 0 saturated heterocycles. The van der Waals surface area contributed by atoms with Gasteiger partial charge in [0.15, 0.2) is 0 Å². The van der Waals surface area contributed by atoms with Crippen LogP contribution in [0.4, 0.5) is 4.39 Å². The van der Waals surface area contributed by atoms with E-state index < -0.39 is 0 Å². The maximum Gasteiger partial charge on any atom is 0.126 e. The fourth-order valence-electron chi connectivity index (χ4n) is 1.07. The zero-order valence-electron chi connectivity index (χ0n) is 7.93. The molecule has 0 amide bonds. The molecule has 14 heavy (non-hydrogen) atoms. The topological polar surface area (TPSA) is 20.2 Å². The van der Waals surface area contributed by atoms with E-state index in [0.29, 0.717) is 22.6 Å². The minimum Gasteiger partial charge on any atom is -0.396 e. The minimum atomic E-state index is -0.266. The van der Waals surface area contributed by atoms with Gasteiger partial charge in [-0.25, -0.2) is 4.39 Å². The molecule has 0 aliphatic carbocycles. The molecular formula is C11H12ClFO. The van der Waals surface area contributed by atoms with E-state index in [-0.39, 0.29) is 12.4 Å². The van der Waals surface area contributed by atoms with Crippen molar-refractivity contribution in [3.05, 3.63) is 40.2 Å². The lowest BCUT2D eigenvalue weighted by molar-refractivity contribution is 0.303. The third-order valence-corrected chi connectivity index (χ3v) is 2.20. The third kappa shape index (κ3) is 2.82. The van der Waals surface area contributed by atoms with Crippen LogP contribution < -0.4 is 0 Å². The Bertz CT molecular complexity index is 347. The number of halogens is 2. The van der Waals surface area contributed by atoms with Crippen LogP contribution in [0.5, 0.6) is 0 Å². The molecule has 0 fully saturated rings. The molecule has 76 valence electrons. The van der Waals surface area contributed by atoms with Crippen LogP contribution in [0.3, 0.4) is 0 Å². The third-order valence-electron chi connectivity index (χ3n) is 1.87. The van der Waals surface area contributed by atoms with Gasteiger partial charge in [0.05, 0.1) is 0 Å². The lowest BCUT2D eigenvalue weighted by Gasteiger charge is -2.01. The summed E-state index contributed by atoms with van der Waals surface area (Å²) in [5.74, 6) is -0.266. The molecule has 0 spiro atoms. The molecule has 0 radical (unpaired) electrons. The standard InChI is InChI=1S/C11H12ClFO/c1-8-6-10(12)9(7-11(8)13)4-2-3-5-14/h2,4,6-7,14H,3,5H2,1H3. The number of hydrogen-bond acceptors (Lipinski definition) is 1.